The molecule has 0 amide bonds. The van der Waals surface area contributed by atoms with Gasteiger partial charge in [-0.25, -0.2) is 0 Å². The summed E-state index contributed by atoms with van der Waals surface area (Å²) in [6, 6.07) is -0.734. The van der Waals surface area contributed by atoms with Gasteiger partial charge in [-0.15, -0.1) is 0 Å². The molecule has 11 heteroatoms. The maximum atomic E-state index is 10.7. The van der Waals surface area contributed by atoms with Gasteiger partial charge in [-0.05, 0) is 13.0 Å². The highest BCUT2D eigenvalue weighted by atomic mass is 16.8. The number of unbranched alkanes of at least 4 members (excludes halogenated alkanes) is 10. The van der Waals surface area contributed by atoms with Gasteiger partial charge in [0.1, 0.15) is 42.7 Å². The zero-order chi connectivity index (χ0) is 26.5. The van der Waals surface area contributed by atoms with E-state index in [1.165, 1.54) is 51.4 Å². The monoisotopic (exact) mass is 523 g/mol. The molecule has 10 atom stereocenters. The smallest absolute Gasteiger partial charge is 0.189 e. The van der Waals surface area contributed by atoms with Gasteiger partial charge in [-0.1, -0.05) is 71.1 Å². The van der Waals surface area contributed by atoms with Gasteiger partial charge in [0.25, 0.3) is 0 Å². The molecule has 2 heterocycles. The van der Waals surface area contributed by atoms with E-state index in [4.69, 9.17) is 14.2 Å². The number of nitrogens with one attached hydrogen (secondary N) is 1. The fourth-order valence-electron chi connectivity index (χ4n) is 4.82. The van der Waals surface area contributed by atoms with Gasteiger partial charge < -0.3 is 55.3 Å². The number of hydrogen-bond donors (Lipinski definition) is 8. The van der Waals surface area contributed by atoms with E-state index in [0.717, 1.165) is 19.3 Å². The first kappa shape index (κ1) is 31.8. The summed E-state index contributed by atoms with van der Waals surface area (Å²) in [7, 11) is 0. The highest BCUT2D eigenvalue weighted by molar-refractivity contribution is 4.95. The summed E-state index contributed by atoms with van der Waals surface area (Å²) in [5, 5.41) is 73.4. The van der Waals surface area contributed by atoms with Crippen LogP contribution >= 0.6 is 0 Å². The van der Waals surface area contributed by atoms with Crippen LogP contribution in [-0.2, 0) is 14.2 Å². The zero-order valence-corrected chi connectivity index (χ0v) is 21.5. The molecule has 8 N–H and O–H groups in total. The van der Waals surface area contributed by atoms with Crippen LogP contribution < -0.4 is 5.32 Å². The van der Waals surface area contributed by atoms with Gasteiger partial charge in [0.05, 0.1) is 19.3 Å². The Morgan fingerprint density at radius 1 is 0.583 bits per heavy atom. The number of aliphatic hydroxyl groups excluding tert-OH is 7. The van der Waals surface area contributed by atoms with E-state index >= 15 is 0 Å². The summed E-state index contributed by atoms with van der Waals surface area (Å²) in [6.45, 7) is 1.73. The predicted molar refractivity (Wildman–Crippen MR) is 131 cm³/mol. The minimum absolute atomic E-state index is 0.450. The average Bonchev–Trinajstić information content (AvgIpc) is 2.88. The molecule has 2 fully saturated rings. The normalized spacial score (nSPS) is 37.3. The van der Waals surface area contributed by atoms with E-state index in [1.54, 1.807) is 0 Å². The van der Waals surface area contributed by atoms with E-state index in [1.807, 2.05) is 0 Å². The maximum absolute atomic E-state index is 10.7. The van der Waals surface area contributed by atoms with Crippen molar-refractivity contribution in [2.75, 3.05) is 19.8 Å². The molecule has 2 rings (SSSR count). The van der Waals surface area contributed by atoms with E-state index < -0.39 is 74.6 Å². The standard InChI is InChI=1S/C25H49NO10/c1-2-3-4-5-6-7-8-9-10-11-12-13-26-18-16(14-27)34-24(22(32)20(18)30)36-25-23(33)21(31)19(29)17(15-28)35-25/h16-33H,2-15H2,1H3/t16?,17?,18-,19-,20?,21?,22+,23?,24-,25-/m1/s1. The van der Waals surface area contributed by atoms with Crippen LogP contribution in [0.3, 0.4) is 0 Å². The number of ether oxygens (including phenoxy) is 3. The third kappa shape index (κ3) is 9.39. The molecule has 5 unspecified atom stereocenters. The van der Waals surface area contributed by atoms with E-state index in [9.17, 15) is 35.7 Å². The molecule has 2 aliphatic rings. The Morgan fingerprint density at radius 2 is 1.06 bits per heavy atom. The van der Waals surface area contributed by atoms with Crippen LogP contribution in [0.1, 0.15) is 77.6 Å². The molecule has 0 aromatic rings. The average molecular weight is 524 g/mol. The first-order valence-electron chi connectivity index (χ1n) is 13.7. The van der Waals surface area contributed by atoms with Gasteiger partial charge >= 0.3 is 0 Å². The predicted octanol–water partition coefficient (Wildman–Crippen LogP) is -0.489. The molecule has 36 heavy (non-hydrogen) atoms. The minimum atomic E-state index is -1.68. The lowest BCUT2D eigenvalue weighted by Crippen LogP contribution is -2.66. The molecule has 0 aromatic carbocycles. The summed E-state index contributed by atoms with van der Waals surface area (Å²) < 4.78 is 16.4. The third-order valence-electron chi connectivity index (χ3n) is 7.16. The molecule has 11 nitrogen and oxygen atoms in total. The first-order chi connectivity index (χ1) is 17.3. The van der Waals surface area contributed by atoms with Gasteiger partial charge in [0.2, 0.25) is 0 Å². The van der Waals surface area contributed by atoms with Crippen LogP contribution in [0.25, 0.3) is 0 Å². The Labute approximate surface area is 214 Å². The molecule has 0 bridgehead atoms. The van der Waals surface area contributed by atoms with Crippen LogP contribution in [-0.4, -0.2) is 117 Å². The molecule has 0 aromatic heterocycles. The summed E-state index contributed by atoms with van der Waals surface area (Å²) >= 11 is 0. The lowest BCUT2D eigenvalue weighted by molar-refractivity contribution is -0.370. The Bertz CT molecular complexity index is 569. The summed E-state index contributed by atoms with van der Waals surface area (Å²) in [5.74, 6) is 0. The van der Waals surface area contributed by atoms with Crippen molar-refractivity contribution in [2.24, 2.45) is 0 Å². The molecule has 0 radical (unpaired) electrons. The van der Waals surface area contributed by atoms with Gasteiger partial charge in [0, 0.05) is 0 Å². The highest BCUT2D eigenvalue weighted by Crippen LogP contribution is 2.28. The van der Waals surface area contributed by atoms with E-state index in [2.05, 4.69) is 12.2 Å². The topological polar surface area (TPSA) is 181 Å². The molecule has 0 spiro atoms. The largest absolute Gasteiger partial charge is 0.394 e. The second kappa shape index (κ2) is 17.2. The summed E-state index contributed by atoms with van der Waals surface area (Å²) in [6.07, 6.45) is 0.548. The van der Waals surface area contributed by atoms with Crippen LogP contribution in [0.5, 0.6) is 0 Å². The highest BCUT2D eigenvalue weighted by Gasteiger charge is 2.49. The molecular formula is C25H49NO10. The molecule has 2 aliphatic heterocycles. The van der Waals surface area contributed by atoms with E-state index in [0.29, 0.717) is 6.54 Å². The van der Waals surface area contributed by atoms with Crippen LogP contribution in [0.15, 0.2) is 0 Å². The lowest BCUT2D eigenvalue weighted by Gasteiger charge is -2.45. The zero-order valence-electron chi connectivity index (χ0n) is 21.5. The summed E-state index contributed by atoms with van der Waals surface area (Å²) in [5.41, 5.74) is 0. The van der Waals surface area contributed by atoms with Gasteiger partial charge in [-0.2, -0.15) is 0 Å². The Kier molecular flexibility index (Phi) is 15.2. The van der Waals surface area contributed by atoms with Crippen molar-refractivity contribution in [3.63, 3.8) is 0 Å². The quantitative estimate of drug-likeness (QED) is 0.115. The summed E-state index contributed by atoms with van der Waals surface area (Å²) in [4.78, 5) is 0. The van der Waals surface area contributed by atoms with Crippen molar-refractivity contribution >= 4 is 0 Å². The number of aliphatic hydroxyl groups is 7. The Morgan fingerprint density at radius 3 is 1.58 bits per heavy atom. The minimum Gasteiger partial charge on any atom is -0.394 e. The molecule has 2 saturated heterocycles. The SMILES string of the molecule is CCCCCCCCCCCCCN[C@@H]1C(CO)O[C@H](O[C@H]2OC(CO)[C@@H](O)C(O)C2O)[C@@H](O)C1O. The fourth-order valence-corrected chi connectivity index (χ4v) is 4.82. The number of hydrogen-bond acceptors (Lipinski definition) is 11. The van der Waals surface area contributed by atoms with Crippen molar-refractivity contribution in [1.82, 2.24) is 5.32 Å². The maximum Gasteiger partial charge on any atom is 0.189 e. The second-order valence-corrected chi connectivity index (χ2v) is 10.1. The molecular weight excluding hydrogens is 474 g/mol. The second-order valence-electron chi connectivity index (χ2n) is 10.1. The Hall–Kier alpha value is -0.440. The van der Waals surface area contributed by atoms with Crippen LogP contribution in [0.4, 0.5) is 0 Å². The Balaban J connectivity index is 1.71. The van der Waals surface area contributed by atoms with E-state index in [-0.39, 0.29) is 0 Å². The first-order valence-corrected chi connectivity index (χ1v) is 13.7. The van der Waals surface area contributed by atoms with Gasteiger partial charge in [0.15, 0.2) is 12.6 Å². The third-order valence-corrected chi connectivity index (χ3v) is 7.16. The molecule has 0 aliphatic carbocycles. The van der Waals surface area contributed by atoms with Crippen molar-refractivity contribution < 1.29 is 50.0 Å². The van der Waals surface area contributed by atoms with Crippen LogP contribution in [0.2, 0.25) is 0 Å². The van der Waals surface area contributed by atoms with Gasteiger partial charge in [-0.3, -0.25) is 0 Å². The number of rotatable bonds is 17. The fraction of sp³-hybridized carbons (Fsp3) is 1.00. The molecule has 0 saturated carbocycles. The lowest BCUT2D eigenvalue weighted by atomic mass is 9.95. The van der Waals surface area contributed by atoms with Crippen molar-refractivity contribution in [3.05, 3.63) is 0 Å². The van der Waals surface area contributed by atoms with Crippen molar-refractivity contribution in [1.29, 1.82) is 0 Å². The van der Waals surface area contributed by atoms with Crippen molar-refractivity contribution in [2.45, 2.75) is 139 Å². The van der Waals surface area contributed by atoms with Crippen molar-refractivity contribution in [3.8, 4) is 0 Å². The van der Waals surface area contributed by atoms with Crippen LogP contribution in [0, 0.1) is 0 Å². The molecule has 214 valence electrons.